The Morgan fingerprint density at radius 1 is 1.30 bits per heavy atom. The molecule has 0 saturated carbocycles. The van der Waals surface area contributed by atoms with Crippen molar-refractivity contribution in [2.24, 2.45) is 5.92 Å². The highest BCUT2D eigenvalue weighted by Crippen LogP contribution is 2.45. The van der Waals surface area contributed by atoms with E-state index in [9.17, 15) is 26.0 Å². The molecule has 1 N–H and O–H groups in total. The minimum atomic E-state index is -4.35. The van der Waals surface area contributed by atoms with Gasteiger partial charge in [0.1, 0.15) is 17.9 Å². The smallest absolute Gasteiger partial charge is 0.391 e. The third-order valence-electron chi connectivity index (χ3n) is 6.55. The number of aromatic nitrogens is 2. The summed E-state index contributed by atoms with van der Waals surface area (Å²) in [5.41, 5.74) is 1.05. The summed E-state index contributed by atoms with van der Waals surface area (Å²) in [7, 11) is -3.95. The number of benzene rings is 1. The fraction of sp³-hybridized carbons (Fsp3) is 0.417. The van der Waals surface area contributed by atoms with Gasteiger partial charge in [-0.3, -0.25) is 9.62 Å². The fourth-order valence-electron chi connectivity index (χ4n) is 4.67. The van der Waals surface area contributed by atoms with Crippen LogP contribution in [0, 0.1) is 5.92 Å². The lowest BCUT2D eigenvalue weighted by molar-refractivity contribution is -0.190. The van der Waals surface area contributed by atoms with Gasteiger partial charge in [-0.25, -0.2) is 17.8 Å². The van der Waals surface area contributed by atoms with Crippen LogP contribution in [0.4, 0.5) is 22.7 Å². The number of hydrogen-bond donors (Lipinski definition) is 1. The predicted octanol–water partition coefficient (Wildman–Crippen LogP) is 5.79. The van der Waals surface area contributed by atoms with Crippen molar-refractivity contribution in [3.05, 3.63) is 66.3 Å². The van der Waals surface area contributed by atoms with E-state index in [1.165, 1.54) is 43.6 Å². The van der Waals surface area contributed by atoms with Crippen LogP contribution in [0.3, 0.4) is 0 Å². The van der Waals surface area contributed by atoms with Crippen molar-refractivity contribution in [3.8, 4) is 5.75 Å². The summed E-state index contributed by atoms with van der Waals surface area (Å²) < 4.78 is 92.0. The zero-order valence-corrected chi connectivity index (χ0v) is 21.5. The van der Waals surface area contributed by atoms with E-state index in [1.807, 2.05) is 4.90 Å². The molecule has 1 aromatic carbocycles. The topological polar surface area (TPSA) is 84.4 Å². The summed E-state index contributed by atoms with van der Waals surface area (Å²) in [6.45, 7) is 5.89. The molecular weight excluding hydrogens is 532 g/mol. The number of alkyl halides is 3. The monoisotopic (exact) mass is 558 g/mol. The second kappa shape index (κ2) is 10.9. The van der Waals surface area contributed by atoms with Crippen LogP contribution in [0.15, 0.2) is 65.6 Å². The zero-order chi connectivity index (χ0) is 26.8. The van der Waals surface area contributed by atoms with Gasteiger partial charge in [0, 0.05) is 41.7 Å². The molecule has 3 heterocycles. The van der Waals surface area contributed by atoms with Gasteiger partial charge >= 0.3 is 6.18 Å². The molecule has 0 radical (unpaired) electrons. The molecule has 3 atom stereocenters. The third kappa shape index (κ3) is 6.21. The minimum absolute atomic E-state index is 0.0383. The number of fused-ring (bicyclic) bond motifs is 1. The number of piperidine rings is 1. The highest BCUT2D eigenvalue weighted by Gasteiger charge is 2.46. The molecule has 2 aliphatic heterocycles. The Morgan fingerprint density at radius 2 is 2.08 bits per heavy atom. The van der Waals surface area contributed by atoms with Gasteiger partial charge in [0.2, 0.25) is 5.13 Å². The highest BCUT2D eigenvalue weighted by atomic mass is 32.2. The number of likely N-dealkylation sites (tertiary alicyclic amines) is 1. The van der Waals surface area contributed by atoms with Crippen molar-refractivity contribution in [1.82, 2.24) is 14.3 Å². The van der Waals surface area contributed by atoms with Crippen LogP contribution in [0.1, 0.15) is 37.8 Å². The molecule has 0 amide bonds. The summed E-state index contributed by atoms with van der Waals surface area (Å²) in [5, 5.41) is 0.118. The number of allylic oxidation sites excluding steroid dienone is 3. The maximum absolute atomic E-state index is 13.7. The second-order valence-corrected chi connectivity index (χ2v) is 11.3. The first kappa shape index (κ1) is 27.3. The first-order valence-corrected chi connectivity index (χ1v) is 13.8. The van der Waals surface area contributed by atoms with Crippen molar-refractivity contribution >= 4 is 26.7 Å². The van der Waals surface area contributed by atoms with Gasteiger partial charge in [0.15, 0.2) is 0 Å². The molecule has 0 aliphatic carbocycles. The summed E-state index contributed by atoms with van der Waals surface area (Å²) in [6, 6.07) is 3.45. The van der Waals surface area contributed by atoms with Crippen LogP contribution >= 0.6 is 11.5 Å². The largest absolute Gasteiger partial charge is 0.493 e. The number of sulfonamides is 1. The van der Waals surface area contributed by atoms with E-state index in [2.05, 4.69) is 20.7 Å². The summed E-state index contributed by atoms with van der Waals surface area (Å²) in [5.74, 6) is -1.67. The van der Waals surface area contributed by atoms with Gasteiger partial charge in [-0.1, -0.05) is 24.8 Å². The molecule has 1 aromatic heterocycles. The Morgan fingerprint density at radius 3 is 2.76 bits per heavy atom. The summed E-state index contributed by atoms with van der Waals surface area (Å²) in [6.07, 6.45) is 0.965. The molecular formula is C24H26F4N4O3S2. The van der Waals surface area contributed by atoms with Crippen LogP contribution < -0.4 is 9.46 Å². The minimum Gasteiger partial charge on any atom is -0.493 e. The number of rotatable bonds is 7. The van der Waals surface area contributed by atoms with Gasteiger partial charge in [-0.05, 0) is 44.0 Å². The molecule has 37 heavy (non-hydrogen) atoms. The molecule has 2 aliphatic rings. The van der Waals surface area contributed by atoms with Crippen molar-refractivity contribution in [2.45, 2.75) is 49.3 Å². The number of hydrogen-bond acceptors (Lipinski definition) is 7. The average Bonchev–Trinajstić information content (AvgIpc) is 3.37. The molecule has 1 saturated heterocycles. The first-order valence-electron chi connectivity index (χ1n) is 11.6. The van der Waals surface area contributed by atoms with Crippen LogP contribution in [0.25, 0.3) is 0 Å². The second-order valence-electron chi connectivity index (χ2n) is 8.80. The van der Waals surface area contributed by atoms with Crippen molar-refractivity contribution in [1.29, 1.82) is 0 Å². The normalized spacial score (nSPS) is 23.5. The van der Waals surface area contributed by atoms with Crippen LogP contribution in [0.2, 0.25) is 0 Å². The van der Waals surface area contributed by atoms with E-state index in [0.717, 1.165) is 11.5 Å². The Balaban J connectivity index is 1.63. The molecule has 13 heteroatoms. The SMILES string of the molecule is C=C(/C=C\C(F)=C/C)[C@H]1C[C@H](C(F)(F)F)CCN1[C@H]1CCOc2cc(S(=O)(=O)Nc3ncns3)ccc21. The van der Waals surface area contributed by atoms with Gasteiger partial charge in [0.25, 0.3) is 10.0 Å². The number of nitrogens with zero attached hydrogens (tertiary/aromatic N) is 3. The lowest BCUT2D eigenvalue weighted by Crippen LogP contribution is -2.49. The third-order valence-corrected chi connectivity index (χ3v) is 8.60. The molecule has 200 valence electrons. The van der Waals surface area contributed by atoms with Gasteiger partial charge < -0.3 is 4.74 Å². The molecule has 0 unspecified atom stereocenters. The Kier molecular flexibility index (Phi) is 8.05. The molecule has 2 aromatic rings. The zero-order valence-electron chi connectivity index (χ0n) is 19.9. The van der Waals surface area contributed by atoms with E-state index in [1.54, 1.807) is 6.07 Å². The van der Waals surface area contributed by atoms with Crippen molar-refractivity contribution in [2.75, 3.05) is 17.9 Å². The maximum atomic E-state index is 13.7. The molecule has 1 fully saturated rings. The van der Waals surface area contributed by atoms with Crippen molar-refractivity contribution < 1.29 is 30.7 Å². The van der Waals surface area contributed by atoms with Crippen LogP contribution in [-0.2, 0) is 10.0 Å². The number of halogens is 4. The average molecular weight is 559 g/mol. The Hall–Kier alpha value is -2.77. The van der Waals surface area contributed by atoms with E-state index in [-0.39, 0.29) is 42.1 Å². The summed E-state index contributed by atoms with van der Waals surface area (Å²) in [4.78, 5) is 5.73. The molecule has 4 rings (SSSR count). The summed E-state index contributed by atoms with van der Waals surface area (Å²) >= 11 is 0.894. The Labute approximate surface area is 216 Å². The van der Waals surface area contributed by atoms with Crippen LogP contribution in [-0.4, -0.2) is 48.0 Å². The molecule has 0 bridgehead atoms. The van der Waals surface area contributed by atoms with Gasteiger partial charge in [-0.15, -0.1) is 0 Å². The highest BCUT2D eigenvalue weighted by molar-refractivity contribution is 7.93. The maximum Gasteiger partial charge on any atom is 0.391 e. The fourth-order valence-corrected chi connectivity index (χ4v) is 6.34. The molecule has 7 nitrogen and oxygen atoms in total. The van der Waals surface area contributed by atoms with Gasteiger partial charge in [0.05, 0.1) is 17.4 Å². The Bertz CT molecular complexity index is 1290. The number of nitrogens with one attached hydrogen (secondary N) is 1. The molecule has 0 spiro atoms. The van der Waals surface area contributed by atoms with E-state index in [4.69, 9.17) is 4.74 Å². The first-order chi connectivity index (χ1) is 17.5. The predicted molar refractivity (Wildman–Crippen MR) is 132 cm³/mol. The standard InChI is InChI=1S/C24H26F4N4O3S2/c1-3-17(25)5-4-15(2)21-12-16(24(26,27)28)8-10-32(21)20-9-11-35-22-13-18(6-7-19(20)22)37(33,34)31-23-29-14-30-36-23/h3-7,13-14,16,20-21H,2,8-12H2,1H3,(H,29,30,31)/b5-4-,17-3+/t16-,20+,21-/m1/s1. The van der Waals surface area contributed by atoms with Crippen LogP contribution in [0.5, 0.6) is 5.75 Å². The van der Waals surface area contributed by atoms with E-state index in [0.29, 0.717) is 23.3 Å². The lowest BCUT2D eigenvalue weighted by atomic mass is 9.84. The van der Waals surface area contributed by atoms with Crippen molar-refractivity contribution in [3.63, 3.8) is 0 Å². The number of anilines is 1. The van der Waals surface area contributed by atoms with E-state index >= 15 is 0 Å². The van der Waals surface area contributed by atoms with Gasteiger partial charge in [-0.2, -0.15) is 17.5 Å². The quantitative estimate of drug-likeness (QED) is 0.342. The number of ether oxygens (including phenoxy) is 1. The van der Waals surface area contributed by atoms with E-state index < -0.39 is 34.0 Å². The lowest BCUT2D eigenvalue weighted by Gasteiger charge is -2.46.